The third-order valence-corrected chi connectivity index (χ3v) is 5.35. The van der Waals surface area contributed by atoms with Crippen molar-refractivity contribution in [2.24, 2.45) is 0 Å². The van der Waals surface area contributed by atoms with Crippen LogP contribution in [-0.4, -0.2) is 16.8 Å². The summed E-state index contributed by atoms with van der Waals surface area (Å²) in [5.41, 5.74) is 3.87. The first-order valence-corrected chi connectivity index (χ1v) is 8.56. The first-order chi connectivity index (χ1) is 10.3. The van der Waals surface area contributed by atoms with Crippen LogP contribution in [0.15, 0.2) is 47.5 Å². The van der Waals surface area contributed by atoms with E-state index in [-0.39, 0.29) is 0 Å². The summed E-state index contributed by atoms with van der Waals surface area (Å²) in [6.07, 6.45) is 4.32. The molecule has 0 radical (unpaired) electrons. The molecule has 0 bridgehead atoms. The number of fused-ring (bicyclic) bond motifs is 1. The van der Waals surface area contributed by atoms with E-state index in [4.69, 9.17) is 0 Å². The number of pyridine rings is 1. The van der Waals surface area contributed by atoms with Crippen molar-refractivity contribution in [2.45, 2.75) is 42.9 Å². The number of benzene rings is 1. The summed E-state index contributed by atoms with van der Waals surface area (Å²) in [7, 11) is 0. The van der Waals surface area contributed by atoms with Gasteiger partial charge in [0, 0.05) is 28.1 Å². The largest absolute Gasteiger partial charge is 0.309 e. The fourth-order valence-corrected chi connectivity index (χ4v) is 4.26. The van der Waals surface area contributed by atoms with Crippen LogP contribution in [-0.2, 0) is 6.42 Å². The first-order valence-electron chi connectivity index (χ1n) is 7.68. The predicted octanol–water partition coefficient (Wildman–Crippen LogP) is 4.15. The Bertz CT molecular complexity index is 569. The number of rotatable bonds is 5. The monoisotopic (exact) mass is 298 g/mol. The maximum absolute atomic E-state index is 4.48. The molecule has 0 aliphatic carbocycles. The van der Waals surface area contributed by atoms with Crippen LogP contribution in [0, 0.1) is 6.92 Å². The Morgan fingerprint density at radius 3 is 2.86 bits per heavy atom. The van der Waals surface area contributed by atoms with Gasteiger partial charge in [0.1, 0.15) is 0 Å². The second kappa shape index (κ2) is 6.63. The van der Waals surface area contributed by atoms with E-state index < -0.39 is 0 Å². The van der Waals surface area contributed by atoms with Gasteiger partial charge in [-0.15, -0.1) is 11.8 Å². The highest BCUT2D eigenvalue weighted by molar-refractivity contribution is 8.00. The molecule has 2 nitrogen and oxygen atoms in total. The summed E-state index contributed by atoms with van der Waals surface area (Å²) in [5, 5.41) is 4.28. The van der Waals surface area contributed by atoms with Crippen LogP contribution >= 0.6 is 11.8 Å². The van der Waals surface area contributed by atoms with E-state index in [0.29, 0.717) is 11.3 Å². The Hall–Kier alpha value is -1.32. The van der Waals surface area contributed by atoms with Crippen molar-refractivity contribution in [1.29, 1.82) is 0 Å². The third kappa shape index (κ3) is 3.30. The fraction of sp³-hybridized carbons (Fsp3) is 0.389. The Morgan fingerprint density at radius 1 is 1.29 bits per heavy atom. The lowest BCUT2D eigenvalue weighted by Crippen LogP contribution is -2.30. The molecule has 0 amide bonds. The van der Waals surface area contributed by atoms with Crippen LogP contribution in [0.1, 0.15) is 36.2 Å². The number of hydrogen-bond acceptors (Lipinski definition) is 3. The van der Waals surface area contributed by atoms with Gasteiger partial charge in [0.05, 0.1) is 0 Å². The van der Waals surface area contributed by atoms with E-state index in [1.54, 1.807) is 0 Å². The van der Waals surface area contributed by atoms with Crippen LogP contribution in [0.4, 0.5) is 0 Å². The van der Waals surface area contributed by atoms with E-state index >= 15 is 0 Å². The number of hydrogen-bond donors (Lipinski definition) is 1. The molecule has 0 saturated carbocycles. The molecular weight excluding hydrogens is 276 g/mol. The second-order valence-electron chi connectivity index (χ2n) is 5.63. The maximum Gasteiger partial charge on any atom is 0.0462 e. The van der Waals surface area contributed by atoms with Crippen molar-refractivity contribution in [3.05, 3.63) is 59.4 Å². The Kier molecular flexibility index (Phi) is 4.61. The average molecular weight is 298 g/mol. The molecule has 1 aromatic heterocycles. The second-order valence-corrected chi connectivity index (χ2v) is 6.91. The molecule has 2 atom stereocenters. The van der Waals surface area contributed by atoms with Crippen molar-refractivity contribution in [1.82, 2.24) is 10.3 Å². The average Bonchev–Trinajstić information content (AvgIpc) is 2.93. The molecule has 0 spiro atoms. The van der Waals surface area contributed by atoms with Crippen LogP contribution in [0.5, 0.6) is 0 Å². The molecule has 3 heteroatoms. The van der Waals surface area contributed by atoms with Crippen molar-refractivity contribution in [3.8, 4) is 0 Å². The van der Waals surface area contributed by atoms with Gasteiger partial charge >= 0.3 is 0 Å². The molecule has 1 aromatic carbocycles. The minimum absolute atomic E-state index is 0.371. The highest BCUT2D eigenvalue weighted by atomic mass is 32.2. The summed E-state index contributed by atoms with van der Waals surface area (Å²) in [6, 6.07) is 13.5. The number of aryl methyl sites for hydroxylation is 1. The van der Waals surface area contributed by atoms with Crippen molar-refractivity contribution >= 4 is 11.8 Å². The van der Waals surface area contributed by atoms with E-state index in [1.165, 1.54) is 16.0 Å². The molecule has 110 valence electrons. The first kappa shape index (κ1) is 14.6. The van der Waals surface area contributed by atoms with Crippen LogP contribution in [0.2, 0.25) is 0 Å². The molecule has 2 unspecified atom stereocenters. The number of nitrogens with zero attached hydrogens (tertiary/aromatic N) is 1. The van der Waals surface area contributed by atoms with Gasteiger partial charge in [-0.3, -0.25) is 4.98 Å². The van der Waals surface area contributed by atoms with E-state index in [0.717, 1.165) is 25.1 Å². The van der Waals surface area contributed by atoms with Gasteiger partial charge in [-0.2, -0.15) is 0 Å². The van der Waals surface area contributed by atoms with E-state index in [9.17, 15) is 0 Å². The van der Waals surface area contributed by atoms with Gasteiger partial charge in [-0.1, -0.05) is 31.2 Å². The maximum atomic E-state index is 4.48. The Balaban J connectivity index is 1.82. The molecule has 1 N–H and O–H groups in total. The molecule has 0 saturated heterocycles. The number of aromatic nitrogens is 1. The lowest BCUT2D eigenvalue weighted by atomic mass is 9.99. The van der Waals surface area contributed by atoms with Gasteiger partial charge in [-0.25, -0.2) is 0 Å². The summed E-state index contributed by atoms with van der Waals surface area (Å²) in [5.74, 6) is 0. The molecule has 3 rings (SSSR count). The predicted molar refractivity (Wildman–Crippen MR) is 89.8 cm³/mol. The third-order valence-electron chi connectivity index (χ3n) is 3.95. The lowest BCUT2D eigenvalue weighted by molar-refractivity contribution is 0.512. The molecular formula is C18H22N2S. The highest BCUT2D eigenvalue weighted by Crippen LogP contribution is 2.42. The van der Waals surface area contributed by atoms with Crippen LogP contribution < -0.4 is 5.32 Å². The van der Waals surface area contributed by atoms with Gasteiger partial charge in [0.15, 0.2) is 0 Å². The highest BCUT2D eigenvalue weighted by Gasteiger charge is 2.30. The minimum atomic E-state index is 0.371. The number of thioether (sulfide) groups is 1. The summed E-state index contributed by atoms with van der Waals surface area (Å²) >= 11 is 2.00. The van der Waals surface area contributed by atoms with Gasteiger partial charge in [-0.05, 0) is 49.6 Å². The number of nitrogens with one attached hydrogen (secondary N) is 1. The SMILES string of the molecule is CCCNC(c1ccc(C)nc1)C1Cc2ccccc2S1. The standard InChI is InChI=1S/C18H22N2S/c1-3-10-19-18(15-9-8-13(2)20-12-15)17-11-14-6-4-5-7-16(14)21-17/h4-9,12,17-19H,3,10-11H2,1-2H3. The summed E-state index contributed by atoms with van der Waals surface area (Å²) in [6.45, 7) is 5.30. The molecule has 21 heavy (non-hydrogen) atoms. The quantitative estimate of drug-likeness (QED) is 0.897. The molecule has 1 aliphatic rings. The smallest absolute Gasteiger partial charge is 0.0462 e. The van der Waals surface area contributed by atoms with Gasteiger partial charge < -0.3 is 5.32 Å². The van der Waals surface area contributed by atoms with Gasteiger partial charge in [0.2, 0.25) is 0 Å². The summed E-state index contributed by atoms with van der Waals surface area (Å²) in [4.78, 5) is 5.92. The molecule has 0 fully saturated rings. The Labute approximate surface area is 131 Å². The molecule has 2 aromatic rings. The molecule has 1 aliphatic heterocycles. The zero-order chi connectivity index (χ0) is 14.7. The zero-order valence-corrected chi connectivity index (χ0v) is 13.5. The zero-order valence-electron chi connectivity index (χ0n) is 12.7. The van der Waals surface area contributed by atoms with Crippen LogP contribution in [0.25, 0.3) is 0 Å². The van der Waals surface area contributed by atoms with Crippen LogP contribution in [0.3, 0.4) is 0 Å². The van der Waals surface area contributed by atoms with E-state index in [1.807, 2.05) is 24.9 Å². The van der Waals surface area contributed by atoms with Crippen molar-refractivity contribution < 1.29 is 0 Å². The van der Waals surface area contributed by atoms with E-state index in [2.05, 4.69) is 53.6 Å². The normalized spacial score (nSPS) is 18.5. The minimum Gasteiger partial charge on any atom is -0.309 e. The topological polar surface area (TPSA) is 24.9 Å². The fourth-order valence-electron chi connectivity index (χ4n) is 2.82. The van der Waals surface area contributed by atoms with Crippen molar-refractivity contribution in [3.63, 3.8) is 0 Å². The molecule has 2 heterocycles. The lowest BCUT2D eigenvalue weighted by Gasteiger charge is -2.24. The van der Waals surface area contributed by atoms with Crippen molar-refractivity contribution in [2.75, 3.05) is 6.54 Å². The summed E-state index contributed by atoms with van der Waals surface area (Å²) < 4.78 is 0. The Morgan fingerprint density at radius 2 is 2.14 bits per heavy atom. The van der Waals surface area contributed by atoms with Gasteiger partial charge in [0.25, 0.3) is 0 Å².